The molecule has 0 radical (unpaired) electrons. The number of hydrogen-bond acceptors (Lipinski definition) is 7. The van der Waals surface area contributed by atoms with E-state index in [1.165, 1.54) is 0 Å². The maximum absolute atomic E-state index is 12.1. The third-order valence-electron chi connectivity index (χ3n) is 4.73. The molecule has 4 aromatic rings. The van der Waals surface area contributed by atoms with E-state index in [1.54, 1.807) is 66.1 Å². The van der Waals surface area contributed by atoms with Crippen molar-refractivity contribution < 1.29 is 14.6 Å². The molecule has 0 aliphatic carbocycles. The van der Waals surface area contributed by atoms with Crippen molar-refractivity contribution in [1.82, 2.24) is 29.7 Å². The lowest BCUT2D eigenvalue weighted by Crippen LogP contribution is -2.26. The molecule has 0 fully saturated rings. The Labute approximate surface area is 176 Å². The Morgan fingerprint density at radius 3 is 2.87 bits per heavy atom. The van der Waals surface area contributed by atoms with Crippen LogP contribution in [0.1, 0.15) is 39.7 Å². The van der Waals surface area contributed by atoms with Gasteiger partial charge < -0.3 is 15.2 Å². The maximum atomic E-state index is 12.1. The molecule has 156 valence electrons. The number of aryl methyl sites for hydroxylation is 1. The molecule has 1 unspecified atom stereocenters. The molecule has 3 heterocycles. The third kappa shape index (κ3) is 3.84. The molecule has 0 saturated carbocycles. The van der Waals surface area contributed by atoms with E-state index in [4.69, 9.17) is 4.74 Å². The lowest BCUT2D eigenvalue weighted by atomic mass is 10.1. The lowest BCUT2D eigenvalue weighted by Gasteiger charge is -2.09. The molecule has 0 aliphatic heterocycles. The number of amides is 1. The zero-order valence-electron chi connectivity index (χ0n) is 16.6. The average Bonchev–Trinajstić information content (AvgIpc) is 3.49. The number of carbonyl (C=O) groups excluding carboxylic acids is 1. The van der Waals surface area contributed by atoms with Crippen molar-refractivity contribution in [2.24, 2.45) is 0 Å². The van der Waals surface area contributed by atoms with Crippen LogP contribution in [0.5, 0.6) is 0 Å². The number of nitrogens with one attached hydrogen (secondary N) is 1. The predicted molar refractivity (Wildman–Crippen MR) is 112 cm³/mol. The lowest BCUT2D eigenvalue weighted by molar-refractivity contribution is 0.0937. The van der Waals surface area contributed by atoms with E-state index in [-0.39, 0.29) is 5.91 Å². The zero-order valence-corrected chi connectivity index (χ0v) is 17.5. The van der Waals surface area contributed by atoms with Gasteiger partial charge in [-0.2, -0.15) is 0 Å². The molecule has 1 atom stereocenters. The van der Waals surface area contributed by atoms with E-state index < -0.39 is 6.10 Å². The van der Waals surface area contributed by atoms with Crippen molar-refractivity contribution >= 4 is 22.1 Å². The standard InChI is InChI=1S/C20H22N6O3S/c1-3-16-18(25-12-21-10-17(25)30-16)19(27)15-11-26(24-23-15)14-6-4-13(5-7-14)20(28)22-8-9-29-2/h4-7,10-12,19,27H,3,8-9H2,1-2H3,(H,22,28). The van der Waals surface area contributed by atoms with Gasteiger partial charge in [0.1, 0.15) is 23.0 Å². The van der Waals surface area contributed by atoms with Crippen LogP contribution in [0.25, 0.3) is 10.5 Å². The van der Waals surface area contributed by atoms with Gasteiger partial charge in [0.2, 0.25) is 0 Å². The molecule has 10 heteroatoms. The Kier molecular flexibility index (Phi) is 5.88. The van der Waals surface area contributed by atoms with E-state index in [9.17, 15) is 9.90 Å². The van der Waals surface area contributed by atoms with E-state index in [2.05, 4.69) is 27.5 Å². The van der Waals surface area contributed by atoms with Crippen LogP contribution in [0.15, 0.2) is 43.0 Å². The van der Waals surface area contributed by atoms with E-state index >= 15 is 0 Å². The minimum Gasteiger partial charge on any atom is -0.383 e. The summed E-state index contributed by atoms with van der Waals surface area (Å²) < 4.78 is 8.40. The van der Waals surface area contributed by atoms with E-state index in [1.807, 2.05) is 4.40 Å². The Bertz CT molecular complexity index is 1150. The monoisotopic (exact) mass is 426 g/mol. The van der Waals surface area contributed by atoms with Gasteiger partial charge in [0.05, 0.1) is 30.4 Å². The molecule has 2 N–H and O–H groups in total. The predicted octanol–water partition coefficient (Wildman–Crippen LogP) is 2.00. The van der Waals surface area contributed by atoms with Gasteiger partial charge in [-0.15, -0.1) is 16.4 Å². The molecule has 0 aliphatic rings. The van der Waals surface area contributed by atoms with Crippen molar-refractivity contribution in [2.45, 2.75) is 19.4 Å². The first-order chi connectivity index (χ1) is 14.6. The van der Waals surface area contributed by atoms with Gasteiger partial charge in [0, 0.05) is 24.1 Å². The summed E-state index contributed by atoms with van der Waals surface area (Å²) in [6.07, 6.45) is 5.07. The van der Waals surface area contributed by atoms with Crippen LogP contribution in [0.2, 0.25) is 0 Å². The smallest absolute Gasteiger partial charge is 0.251 e. The topological polar surface area (TPSA) is 107 Å². The van der Waals surface area contributed by atoms with Crippen molar-refractivity contribution in [3.8, 4) is 5.69 Å². The third-order valence-corrected chi connectivity index (χ3v) is 5.99. The van der Waals surface area contributed by atoms with Crippen LogP contribution in [-0.2, 0) is 11.2 Å². The molecule has 4 rings (SSSR count). The first kappa shape index (κ1) is 20.2. The van der Waals surface area contributed by atoms with Crippen LogP contribution < -0.4 is 5.32 Å². The Hall–Kier alpha value is -3.08. The van der Waals surface area contributed by atoms with E-state index in [0.717, 1.165) is 27.5 Å². The first-order valence-corrected chi connectivity index (χ1v) is 10.4. The molecule has 0 spiro atoms. The summed E-state index contributed by atoms with van der Waals surface area (Å²) in [6, 6.07) is 7.01. The van der Waals surface area contributed by atoms with Gasteiger partial charge in [-0.05, 0) is 30.7 Å². The van der Waals surface area contributed by atoms with Crippen LogP contribution in [0.3, 0.4) is 0 Å². The maximum Gasteiger partial charge on any atom is 0.251 e. The highest BCUT2D eigenvalue weighted by Crippen LogP contribution is 2.31. The van der Waals surface area contributed by atoms with Gasteiger partial charge in [-0.1, -0.05) is 12.1 Å². The van der Waals surface area contributed by atoms with Gasteiger partial charge >= 0.3 is 0 Å². The van der Waals surface area contributed by atoms with Gasteiger partial charge in [0.15, 0.2) is 0 Å². The summed E-state index contributed by atoms with van der Waals surface area (Å²) >= 11 is 1.61. The number of rotatable bonds is 8. The quantitative estimate of drug-likeness (QED) is 0.418. The number of benzene rings is 1. The highest BCUT2D eigenvalue weighted by molar-refractivity contribution is 7.17. The number of hydrogen-bond donors (Lipinski definition) is 2. The second-order valence-corrected chi connectivity index (χ2v) is 7.77. The van der Waals surface area contributed by atoms with Crippen molar-refractivity contribution in [3.05, 3.63) is 64.8 Å². The highest BCUT2D eigenvalue weighted by Gasteiger charge is 2.23. The average molecular weight is 427 g/mol. The highest BCUT2D eigenvalue weighted by atomic mass is 32.1. The zero-order chi connectivity index (χ0) is 21.1. The molecule has 0 saturated heterocycles. The Morgan fingerprint density at radius 1 is 1.33 bits per heavy atom. The van der Waals surface area contributed by atoms with Crippen LogP contribution >= 0.6 is 11.3 Å². The number of aliphatic hydroxyl groups is 1. The van der Waals surface area contributed by atoms with Gasteiger partial charge in [-0.3, -0.25) is 9.20 Å². The second-order valence-electron chi connectivity index (χ2n) is 6.65. The van der Waals surface area contributed by atoms with Crippen molar-refractivity contribution in [2.75, 3.05) is 20.3 Å². The number of fused-ring (bicyclic) bond motifs is 1. The normalized spacial score (nSPS) is 12.4. The van der Waals surface area contributed by atoms with Crippen molar-refractivity contribution in [1.29, 1.82) is 0 Å². The number of imidazole rings is 1. The molecular formula is C20H22N6O3S. The fourth-order valence-electron chi connectivity index (χ4n) is 3.19. The molecular weight excluding hydrogens is 404 g/mol. The summed E-state index contributed by atoms with van der Waals surface area (Å²) in [7, 11) is 1.59. The molecule has 0 bridgehead atoms. The van der Waals surface area contributed by atoms with Crippen LogP contribution in [-0.4, -0.2) is 55.7 Å². The van der Waals surface area contributed by atoms with Crippen LogP contribution in [0.4, 0.5) is 0 Å². The van der Waals surface area contributed by atoms with Gasteiger partial charge in [-0.25, -0.2) is 9.67 Å². The number of ether oxygens (including phenoxy) is 1. The summed E-state index contributed by atoms with van der Waals surface area (Å²) in [5.74, 6) is -0.165. The van der Waals surface area contributed by atoms with Gasteiger partial charge in [0.25, 0.3) is 5.91 Å². The minimum atomic E-state index is -0.914. The van der Waals surface area contributed by atoms with Crippen LogP contribution in [0, 0.1) is 0 Å². The number of thiazole rings is 1. The summed E-state index contributed by atoms with van der Waals surface area (Å²) in [5.41, 5.74) is 2.50. The fourth-order valence-corrected chi connectivity index (χ4v) is 4.26. The SMILES string of the molecule is CCc1sc2cncn2c1C(O)c1cn(-c2ccc(C(=O)NCCOC)cc2)nn1. The number of methoxy groups -OCH3 is 1. The number of carbonyl (C=O) groups is 1. The Balaban J connectivity index is 1.54. The fraction of sp³-hybridized carbons (Fsp3) is 0.300. The minimum absolute atomic E-state index is 0.165. The summed E-state index contributed by atoms with van der Waals surface area (Å²) in [4.78, 5) is 18.3. The second kappa shape index (κ2) is 8.74. The Morgan fingerprint density at radius 2 is 2.13 bits per heavy atom. The molecule has 1 aromatic carbocycles. The molecule has 30 heavy (non-hydrogen) atoms. The van der Waals surface area contributed by atoms with Crippen molar-refractivity contribution in [3.63, 3.8) is 0 Å². The van der Waals surface area contributed by atoms with E-state index in [0.29, 0.717) is 24.4 Å². The number of nitrogens with zero attached hydrogens (tertiary/aromatic N) is 5. The molecule has 9 nitrogen and oxygen atoms in total. The number of aromatic nitrogens is 5. The summed E-state index contributed by atoms with van der Waals surface area (Å²) in [6.45, 7) is 2.97. The molecule has 1 amide bonds. The largest absolute Gasteiger partial charge is 0.383 e. The first-order valence-electron chi connectivity index (χ1n) is 9.53. The molecule has 3 aromatic heterocycles. The summed E-state index contributed by atoms with van der Waals surface area (Å²) in [5, 5.41) is 22.1. The number of aliphatic hydroxyl groups excluding tert-OH is 1.